The van der Waals surface area contributed by atoms with Crippen molar-refractivity contribution in [3.8, 4) is 0 Å². The molecule has 5 nitrogen and oxygen atoms in total. The topological polar surface area (TPSA) is 74.2 Å². The molecule has 1 rings (SSSR count). The zero-order valence-electron chi connectivity index (χ0n) is 9.56. The van der Waals surface area contributed by atoms with E-state index in [1.165, 1.54) is 0 Å². The molecule has 0 spiro atoms. The Labute approximate surface area is 90.0 Å². The number of nitrogens with zero attached hydrogens (tertiary/aromatic N) is 2. The number of rotatable bonds is 6. The average molecular weight is 213 g/mol. The molecule has 0 radical (unpaired) electrons. The molecule has 86 valence electrons. The Morgan fingerprint density at radius 3 is 2.80 bits per heavy atom. The maximum Gasteiger partial charge on any atom is 0.229 e. The number of ether oxygens (including phenoxy) is 1. The van der Waals surface area contributed by atoms with Gasteiger partial charge in [0.25, 0.3) is 0 Å². The standard InChI is InChI=1S/C10H19N3O2/c1-4-7(2)10-12-9(15-13-10)5-8(6-11)14-3/h7-8H,4-6,11H2,1-3H3. The summed E-state index contributed by atoms with van der Waals surface area (Å²) in [5.41, 5.74) is 5.51. The summed E-state index contributed by atoms with van der Waals surface area (Å²) in [4.78, 5) is 4.30. The molecule has 0 aliphatic rings. The van der Waals surface area contributed by atoms with Gasteiger partial charge in [-0.05, 0) is 6.42 Å². The molecule has 5 heteroatoms. The van der Waals surface area contributed by atoms with Crippen LogP contribution in [-0.4, -0.2) is 29.9 Å². The highest BCUT2D eigenvalue weighted by atomic mass is 16.5. The van der Waals surface area contributed by atoms with Crippen molar-refractivity contribution in [2.24, 2.45) is 5.73 Å². The SMILES string of the molecule is CCC(C)c1noc(CC(CN)OC)n1. The fraction of sp³-hybridized carbons (Fsp3) is 0.800. The lowest BCUT2D eigenvalue weighted by atomic mass is 10.1. The molecule has 0 aromatic carbocycles. The normalized spacial score (nSPS) is 15.2. The molecule has 1 heterocycles. The summed E-state index contributed by atoms with van der Waals surface area (Å²) in [5.74, 6) is 1.70. The summed E-state index contributed by atoms with van der Waals surface area (Å²) in [5, 5.41) is 3.93. The van der Waals surface area contributed by atoms with Crippen LogP contribution < -0.4 is 5.73 Å². The van der Waals surface area contributed by atoms with Gasteiger partial charge >= 0.3 is 0 Å². The summed E-state index contributed by atoms with van der Waals surface area (Å²) in [6, 6.07) is 0. The highest BCUT2D eigenvalue weighted by molar-refractivity contribution is 4.94. The Morgan fingerprint density at radius 1 is 1.53 bits per heavy atom. The highest BCUT2D eigenvalue weighted by Crippen LogP contribution is 2.15. The molecule has 1 aromatic heterocycles. The van der Waals surface area contributed by atoms with Crippen LogP contribution in [0.15, 0.2) is 4.52 Å². The molecule has 0 aliphatic heterocycles. The van der Waals surface area contributed by atoms with Crippen molar-refractivity contribution in [2.75, 3.05) is 13.7 Å². The van der Waals surface area contributed by atoms with Crippen molar-refractivity contribution in [2.45, 2.75) is 38.7 Å². The zero-order valence-corrected chi connectivity index (χ0v) is 9.56. The summed E-state index contributed by atoms with van der Waals surface area (Å²) in [6.45, 7) is 4.63. The monoisotopic (exact) mass is 213 g/mol. The summed E-state index contributed by atoms with van der Waals surface area (Å²) < 4.78 is 10.3. The van der Waals surface area contributed by atoms with Gasteiger partial charge in [-0.25, -0.2) is 0 Å². The number of hydrogen-bond acceptors (Lipinski definition) is 5. The Kier molecular flexibility index (Phi) is 4.71. The molecule has 0 fully saturated rings. The van der Waals surface area contributed by atoms with Gasteiger partial charge in [-0.2, -0.15) is 4.98 Å². The van der Waals surface area contributed by atoms with Gasteiger partial charge < -0.3 is 15.0 Å². The maximum atomic E-state index is 5.51. The Morgan fingerprint density at radius 2 is 2.27 bits per heavy atom. The largest absolute Gasteiger partial charge is 0.380 e. The molecule has 0 amide bonds. The van der Waals surface area contributed by atoms with Crippen LogP contribution in [0.5, 0.6) is 0 Å². The molecule has 0 saturated carbocycles. The molecule has 1 aromatic rings. The summed E-state index contributed by atoms with van der Waals surface area (Å²) in [6.07, 6.45) is 1.54. The van der Waals surface area contributed by atoms with Gasteiger partial charge in [0.1, 0.15) is 0 Å². The number of nitrogens with two attached hydrogens (primary N) is 1. The van der Waals surface area contributed by atoms with Crippen LogP contribution in [-0.2, 0) is 11.2 Å². The molecule has 0 saturated heterocycles. The lowest BCUT2D eigenvalue weighted by molar-refractivity contribution is 0.102. The molecule has 0 bridgehead atoms. The molecule has 2 N–H and O–H groups in total. The third kappa shape index (κ3) is 3.28. The summed E-state index contributed by atoms with van der Waals surface area (Å²) >= 11 is 0. The maximum absolute atomic E-state index is 5.51. The van der Waals surface area contributed by atoms with Crippen molar-refractivity contribution in [1.82, 2.24) is 10.1 Å². The Bertz CT molecular complexity index is 284. The third-order valence-corrected chi connectivity index (χ3v) is 2.54. The van der Waals surface area contributed by atoms with E-state index in [-0.39, 0.29) is 6.10 Å². The van der Waals surface area contributed by atoms with Gasteiger partial charge in [0.05, 0.1) is 12.5 Å². The predicted molar refractivity (Wildman–Crippen MR) is 56.6 cm³/mol. The van der Waals surface area contributed by atoms with E-state index in [0.29, 0.717) is 24.8 Å². The quantitative estimate of drug-likeness (QED) is 0.766. The van der Waals surface area contributed by atoms with Crippen molar-refractivity contribution in [3.63, 3.8) is 0 Å². The van der Waals surface area contributed by atoms with Crippen molar-refractivity contribution in [3.05, 3.63) is 11.7 Å². The first-order valence-electron chi connectivity index (χ1n) is 5.26. The van der Waals surface area contributed by atoms with E-state index in [4.69, 9.17) is 15.0 Å². The number of aromatic nitrogens is 2. The van der Waals surface area contributed by atoms with Gasteiger partial charge in [-0.15, -0.1) is 0 Å². The molecule has 15 heavy (non-hydrogen) atoms. The van der Waals surface area contributed by atoms with E-state index >= 15 is 0 Å². The van der Waals surface area contributed by atoms with Gasteiger partial charge in [0, 0.05) is 19.6 Å². The van der Waals surface area contributed by atoms with Crippen LogP contribution in [0.3, 0.4) is 0 Å². The second-order valence-corrected chi connectivity index (χ2v) is 3.65. The lowest BCUT2D eigenvalue weighted by Crippen LogP contribution is -2.24. The fourth-order valence-corrected chi connectivity index (χ4v) is 1.19. The minimum absolute atomic E-state index is 0.0461. The highest BCUT2D eigenvalue weighted by Gasteiger charge is 2.15. The minimum Gasteiger partial charge on any atom is -0.380 e. The van der Waals surface area contributed by atoms with E-state index < -0.39 is 0 Å². The van der Waals surface area contributed by atoms with Crippen LogP contribution in [0, 0.1) is 0 Å². The fourth-order valence-electron chi connectivity index (χ4n) is 1.19. The van der Waals surface area contributed by atoms with Gasteiger partial charge in [-0.3, -0.25) is 0 Å². The Hall–Kier alpha value is -0.940. The van der Waals surface area contributed by atoms with Crippen LogP contribution in [0.25, 0.3) is 0 Å². The minimum atomic E-state index is -0.0461. The molecular weight excluding hydrogens is 194 g/mol. The predicted octanol–water partition coefficient (Wildman–Crippen LogP) is 1.10. The number of hydrogen-bond donors (Lipinski definition) is 1. The van der Waals surface area contributed by atoms with E-state index in [9.17, 15) is 0 Å². The van der Waals surface area contributed by atoms with Crippen molar-refractivity contribution >= 4 is 0 Å². The van der Waals surface area contributed by atoms with Crippen LogP contribution in [0.1, 0.15) is 37.9 Å². The second kappa shape index (κ2) is 5.82. The molecular formula is C10H19N3O2. The van der Waals surface area contributed by atoms with Crippen molar-refractivity contribution < 1.29 is 9.26 Å². The van der Waals surface area contributed by atoms with Crippen LogP contribution in [0.2, 0.25) is 0 Å². The van der Waals surface area contributed by atoms with E-state index in [2.05, 4.69) is 24.0 Å². The summed E-state index contributed by atoms with van der Waals surface area (Å²) in [7, 11) is 1.63. The molecule has 0 aliphatic carbocycles. The smallest absolute Gasteiger partial charge is 0.229 e. The first kappa shape index (κ1) is 12.1. The second-order valence-electron chi connectivity index (χ2n) is 3.65. The molecule has 2 atom stereocenters. The number of methoxy groups -OCH3 is 1. The van der Waals surface area contributed by atoms with Gasteiger partial charge in [-0.1, -0.05) is 19.0 Å². The molecule has 2 unspecified atom stereocenters. The third-order valence-electron chi connectivity index (χ3n) is 2.54. The van der Waals surface area contributed by atoms with Crippen LogP contribution in [0.4, 0.5) is 0 Å². The first-order valence-corrected chi connectivity index (χ1v) is 5.26. The van der Waals surface area contributed by atoms with Gasteiger partial charge in [0.2, 0.25) is 5.89 Å². The first-order chi connectivity index (χ1) is 7.21. The van der Waals surface area contributed by atoms with E-state index in [1.54, 1.807) is 7.11 Å². The van der Waals surface area contributed by atoms with Crippen LogP contribution >= 0.6 is 0 Å². The lowest BCUT2D eigenvalue weighted by Gasteiger charge is -2.08. The zero-order chi connectivity index (χ0) is 11.3. The van der Waals surface area contributed by atoms with Crippen molar-refractivity contribution in [1.29, 1.82) is 0 Å². The Balaban J connectivity index is 2.59. The van der Waals surface area contributed by atoms with E-state index in [1.807, 2.05) is 0 Å². The van der Waals surface area contributed by atoms with Gasteiger partial charge in [0.15, 0.2) is 5.82 Å². The van der Waals surface area contributed by atoms with E-state index in [0.717, 1.165) is 12.2 Å². The average Bonchev–Trinajstić information content (AvgIpc) is 2.73.